The number of benzene rings is 1. The number of amides is 1. The molecule has 0 radical (unpaired) electrons. The maximum Gasteiger partial charge on any atom is 0.255 e. The molecule has 24 heavy (non-hydrogen) atoms. The van der Waals surface area contributed by atoms with Crippen molar-refractivity contribution in [2.75, 3.05) is 13.6 Å². The molecule has 6 nitrogen and oxygen atoms in total. The van der Waals surface area contributed by atoms with Gasteiger partial charge in [-0.2, -0.15) is 0 Å². The highest BCUT2D eigenvalue weighted by atomic mass is 32.1. The summed E-state index contributed by atoms with van der Waals surface area (Å²) < 4.78 is 1.04. The number of nitrogens with one attached hydrogen (secondary N) is 3. The van der Waals surface area contributed by atoms with Crippen LogP contribution >= 0.6 is 11.3 Å². The minimum Gasteiger partial charge on any atom is -0.374 e. The summed E-state index contributed by atoms with van der Waals surface area (Å²) in [5, 5.41) is 10.6. The van der Waals surface area contributed by atoms with E-state index < -0.39 is 5.91 Å². The van der Waals surface area contributed by atoms with E-state index in [9.17, 15) is 4.79 Å². The fourth-order valence-electron chi connectivity index (χ4n) is 2.91. The molecule has 0 saturated carbocycles. The molecule has 1 aliphatic rings. The molecule has 1 amide bonds. The van der Waals surface area contributed by atoms with Gasteiger partial charge in [0.05, 0.1) is 10.2 Å². The molecule has 1 saturated heterocycles. The highest BCUT2D eigenvalue weighted by Crippen LogP contribution is 2.28. The maximum absolute atomic E-state index is 12.1. The van der Waals surface area contributed by atoms with Crippen LogP contribution in [-0.4, -0.2) is 36.6 Å². The zero-order valence-electron chi connectivity index (χ0n) is 13.9. The summed E-state index contributed by atoms with van der Waals surface area (Å²) >= 11 is 1.47. The summed E-state index contributed by atoms with van der Waals surface area (Å²) in [5.74, 6) is 0.158. The molecule has 7 heteroatoms. The van der Waals surface area contributed by atoms with E-state index in [1.165, 1.54) is 11.3 Å². The van der Waals surface area contributed by atoms with Gasteiger partial charge in [0.25, 0.3) is 5.91 Å². The second kappa shape index (κ2) is 7.19. The highest BCUT2D eigenvalue weighted by molar-refractivity contribution is 7.19. The minimum atomic E-state index is -0.483. The van der Waals surface area contributed by atoms with Crippen LogP contribution in [0.4, 0.5) is 0 Å². The predicted molar refractivity (Wildman–Crippen MR) is 98.4 cm³/mol. The van der Waals surface area contributed by atoms with Gasteiger partial charge in [-0.15, -0.1) is 11.3 Å². The molecule has 0 bridgehead atoms. The lowest BCUT2D eigenvalue weighted by atomic mass is 10.0. The fourth-order valence-corrected chi connectivity index (χ4v) is 3.93. The van der Waals surface area contributed by atoms with Crippen molar-refractivity contribution >= 4 is 33.0 Å². The molecule has 0 aliphatic carbocycles. The van der Waals surface area contributed by atoms with Crippen LogP contribution in [0.5, 0.6) is 0 Å². The van der Waals surface area contributed by atoms with Gasteiger partial charge in [0, 0.05) is 25.7 Å². The van der Waals surface area contributed by atoms with Gasteiger partial charge in [-0.3, -0.25) is 4.79 Å². The summed E-state index contributed by atoms with van der Waals surface area (Å²) in [6, 6.07) is 8.62. The van der Waals surface area contributed by atoms with Gasteiger partial charge in [-0.05, 0) is 31.9 Å². The maximum atomic E-state index is 12.1. The first-order valence-corrected chi connectivity index (χ1v) is 8.98. The standard InChI is InChI=1S/C17H23N5OS/c1-10-7-8-11(9-20-10)21-16(19-2)14(15(18)23)17-22-12-5-3-4-6-13(12)24-17/h3-6,10-11,19-21H,7-9H2,1-2H3,(H2,18,23)/b16-14-/t10-,11+/m0/s1. The van der Waals surface area contributed by atoms with Crippen molar-refractivity contribution in [2.24, 2.45) is 5.73 Å². The Morgan fingerprint density at radius 1 is 1.38 bits per heavy atom. The first kappa shape index (κ1) is 16.7. The second-order valence-electron chi connectivity index (χ2n) is 6.08. The lowest BCUT2D eigenvalue weighted by Gasteiger charge is -2.30. The van der Waals surface area contributed by atoms with Crippen LogP contribution in [0.15, 0.2) is 30.1 Å². The van der Waals surface area contributed by atoms with Crippen molar-refractivity contribution in [3.05, 3.63) is 35.1 Å². The van der Waals surface area contributed by atoms with Gasteiger partial charge in [-0.1, -0.05) is 12.1 Å². The normalized spacial score (nSPS) is 22.1. The lowest BCUT2D eigenvalue weighted by molar-refractivity contribution is -0.112. The SMILES string of the molecule is CN/C(N[C@@H]1CC[C@H](C)NC1)=C(\C(N)=O)c1nc2ccccc2s1. The summed E-state index contributed by atoms with van der Waals surface area (Å²) in [6.45, 7) is 3.04. The molecule has 128 valence electrons. The van der Waals surface area contributed by atoms with Gasteiger partial charge < -0.3 is 21.7 Å². The number of thiazole rings is 1. The number of hydrogen-bond donors (Lipinski definition) is 4. The number of carbonyl (C=O) groups excluding carboxylic acids is 1. The number of primary amides is 1. The number of piperidine rings is 1. The largest absolute Gasteiger partial charge is 0.374 e. The molecule has 2 atom stereocenters. The van der Waals surface area contributed by atoms with Gasteiger partial charge in [0.1, 0.15) is 16.4 Å². The zero-order valence-corrected chi connectivity index (χ0v) is 14.7. The van der Waals surface area contributed by atoms with Crippen LogP contribution in [0, 0.1) is 0 Å². The Hall–Kier alpha value is -2.12. The number of nitrogens with zero attached hydrogens (tertiary/aromatic N) is 1. The van der Waals surface area contributed by atoms with Gasteiger partial charge in [0.15, 0.2) is 0 Å². The third-order valence-electron chi connectivity index (χ3n) is 4.26. The number of para-hydroxylation sites is 1. The second-order valence-corrected chi connectivity index (χ2v) is 7.11. The molecule has 2 heterocycles. The predicted octanol–water partition coefficient (Wildman–Crippen LogP) is 1.40. The first-order valence-electron chi connectivity index (χ1n) is 8.16. The molecular formula is C17H23N5OS. The lowest BCUT2D eigenvalue weighted by Crippen LogP contribution is -2.48. The summed E-state index contributed by atoms with van der Waals surface area (Å²) in [5.41, 5.74) is 6.96. The Kier molecular flexibility index (Phi) is 5.01. The summed E-state index contributed by atoms with van der Waals surface area (Å²) in [6.07, 6.45) is 2.15. The van der Waals surface area contributed by atoms with Crippen molar-refractivity contribution in [2.45, 2.75) is 31.8 Å². The van der Waals surface area contributed by atoms with E-state index in [1.807, 2.05) is 24.3 Å². The molecule has 2 aromatic rings. The highest BCUT2D eigenvalue weighted by Gasteiger charge is 2.23. The van der Waals surface area contributed by atoms with E-state index in [-0.39, 0.29) is 6.04 Å². The van der Waals surface area contributed by atoms with Gasteiger partial charge in [0.2, 0.25) is 0 Å². The Labute approximate surface area is 145 Å². The molecule has 1 aliphatic heterocycles. The summed E-state index contributed by atoms with van der Waals surface area (Å²) in [4.78, 5) is 16.7. The van der Waals surface area contributed by atoms with Crippen molar-refractivity contribution in [3.63, 3.8) is 0 Å². The third-order valence-corrected chi connectivity index (χ3v) is 5.32. The third kappa shape index (κ3) is 3.52. The Balaban J connectivity index is 1.93. The number of rotatable bonds is 5. The molecule has 1 fully saturated rings. The zero-order chi connectivity index (χ0) is 17.1. The molecule has 1 aromatic heterocycles. The fraction of sp³-hybridized carbons (Fsp3) is 0.412. The van der Waals surface area contributed by atoms with Gasteiger partial charge >= 0.3 is 0 Å². The van der Waals surface area contributed by atoms with Crippen LogP contribution in [0.25, 0.3) is 15.8 Å². The number of nitrogens with two attached hydrogens (primary N) is 1. The molecule has 5 N–H and O–H groups in total. The number of hydrogen-bond acceptors (Lipinski definition) is 6. The molecule has 0 spiro atoms. The van der Waals surface area contributed by atoms with E-state index in [0.29, 0.717) is 22.4 Å². The van der Waals surface area contributed by atoms with E-state index in [2.05, 4.69) is 27.9 Å². The molecular weight excluding hydrogens is 322 g/mol. The Morgan fingerprint density at radius 3 is 2.79 bits per heavy atom. The Bertz CT molecular complexity index is 728. The quantitative estimate of drug-likeness (QED) is 0.615. The van der Waals surface area contributed by atoms with Crippen LogP contribution in [0.2, 0.25) is 0 Å². The summed E-state index contributed by atoms with van der Waals surface area (Å²) in [7, 11) is 1.79. The number of aromatic nitrogens is 1. The molecule has 3 rings (SSSR count). The molecule has 1 aromatic carbocycles. The molecule has 0 unspecified atom stereocenters. The van der Waals surface area contributed by atoms with E-state index in [4.69, 9.17) is 5.73 Å². The van der Waals surface area contributed by atoms with Gasteiger partial charge in [-0.25, -0.2) is 4.98 Å². The number of carbonyl (C=O) groups is 1. The number of fused-ring (bicyclic) bond motifs is 1. The van der Waals surface area contributed by atoms with Crippen LogP contribution in [0.3, 0.4) is 0 Å². The van der Waals surface area contributed by atoms with Crippen molar-refractivity contribution in [3.8, 4) is 0 Å². The average Bonchev–Trinajstić information content (AvgIpc) is 2.99. The van der Waals surface area contributed by atoms with E-state index in [1.54, 1.807) is 7.05 Å². The van der Waals surface area contributed by atoms with Crippen LogP contribution < -0.4 is 21.7 Å². The smallest absolute Gasteiger partial charge is 0.255 e. The van der Waals surface area contributed by atoms with Crippen LogP contribution in [0.1, 0.15) is 24.8 Å². The van der Waals surface area contributed by atoms with E-state index >= 15 is 0 Å². The minimum absolute atomic E-state index is 0.257. The first-order chi connectivity index (χ1) is 11.6. The Morgan fingerprint density at radius 2 is 2.17 bits per heavy atom. The van der Waals surface area contributed by atoms with Crippen molar-refractivity contribution in [1.82, 2.24) is 20.9 Å². The monoisotopic (exact) mass is 345 g/mol. The average molecular weight is 345 g/mol. The van der Waals surface area contributed by atoms with Crippen molar-refractivity contribution < 1.29 is 4.79 Å². The van der Waals surface area contributed by atoms with Crippen LogP contribution in [-0.2, 0) is 4.79 Å². The van der Waals surface area contributed by atoms with Crippen molar-refractivity contribution in [1.29, 1.82) is 0 Å². The topological polar surface area (TPSA) is 92.1 Å². The van der Waals surface area contributed by atoms with E-state index in [0.717, 1.165) is 29.6 Å².